The summed E-state index contributed by atoms with van der Waals surface area (Å²) in [5.74, 6) is -0.816. The summed E-state index contributed by atoms with van der Waals surface area (Å²) in [5, 5.41) is 12.0. The maximum absolute atomic E-state index is 12.6. The third-order valence-electron chi connectivity index (χ3n) is 5.76. The summed E-state index contributed by atoms with van der Waals surface area (Å²) in [6.45, 7) is 1.25. The molecule has 0 aromatic heterocycles. The van der Waals surface area contributed by atoms with Gasteiger partial charge < -0.3 is 15.2 Å². The van der Waals surface area contributed by atoms with Gasteiger partial charge in [-0.15, -0.1) is 0 Å². The highest BCUT2D eigenvalue weighted by Gasteiger charge is 2.35. The van der Waals surface area contributed by atoms with Crippen molar-refractivity contribution in [1.82, 2.24) is 10.2 Å². The number of aliphatic carboxylic acids is 1. The van der Waals surface area contributed by atoms with E-state index in [1.165, 1.54) is 4.90 Å². The molecule has 3 rings (SSSR count). The Morgan fingerprint density at radius 3 is 2.46 bits per heavy atom. The van der Waals surface area contributed by atoms with E-state index < -0.39 is 18.1 Å². The van der Waals surface area contributed by atoms with Crippen molar-refractivity contribution in [1.29, 1.82) is 0 Å². The van der Waals surface area contributed by atoms with Crippen molar-refractivity contribution in [3.8, 4) is 0 Å². The number of carbonyl (C=O) groups is 3. The molecule has 1 saturated heterocycles. The second kappa shape index (κ2) is 9.57. The molecule has 1 heterocycles. The first-order chi connectivity index (χ1) is 13.5. The zero-order valence-electron chi connectivity index (χ0n) is 16.0. The summed E-state index contributed by atoms with van der Waals surface area (Å²) in [6.07, 6.45) is 3.91. The monoisotopic (exact) mass is 388 g/mol. The van der Waals surface area contributed by atoms with E-state index in [1.807, 2.05) is 30.3 Å². The fourth-order valence-electron chi connectivity index (χ4n) is 4.04. The predicted octanol–water partition coefficient (Wildman–Crippen LogP) is 2.79. The lowest BCUT2D eigenvalue weighted by Crippen LogP contribution is -2.47. The van der Waals surface area contributed by atoms with Gasteiger partial charge in [-0.3, -0.25) is 14.5 Å². The second-order valence-electron chi connectivity index (χ2n) is 7.69. The van der Waals surface area contributed by atoms with Gasteiger partial charge in [0.25, 0.3) is 0 Å². The van der Waals surface area contributed by atoms with E-state index in [0.29, 0.717) is 38.3 Å². The number of carbonyl (C=O) groups excluding carboxylic acids is 2. The molecule has 0 unspecified atom stereocenters. The molecule has 1 saturated carbocycles. The van der Waals surface area contributed by atoms with Gasteiger partial charge in [-0.05, 0) is 50.0 Å². The summed E-state index contributed by atoms with van der Waals surface area (Å²) in [7, 11) is 0. The molecule has 1 aliphatic carbocycles. The van der Waals surface area contributed by atoms with E-state index in [-0.39, 0.29) is 18.4 Å². The average molecular weight is 388 g/mol. The quantitative estimate of drug-likeness (QED) is 0.781. The summed E-state index contributed by atoms with van der Waals surface area (Å²) in [5.41, 5.74) is 0.910. The topological polar surface area (TPSA) is 95.9 Å². The molecule has 1 atom stereocenters. The van der Waals surface area contributed by atoms with Crippen molar-refractivity contribution in [2.24, 2.45) is 11.8 Å². The summed E-state index contributed by atoms with van der Waals surface area (Å²) >= 11 is 0. The van der Waals surface area contributed by atoms with Gasteiger partial charge in [-0.1, -0.05) is 30.3 Å². The van der Waals surface area contributed by atoms with Crippen molar-refractivity contribution >= 4 is 18.0 Å². The Labute approximate surface area is 165 Å². The van der Waals surface area contributed by atoms with E-state index in [0.717, 1.165) is 24.8 Å². The van der Waals surface area contributed by atoms with Gasteiger partial charge in [0.15, 0.2) is 0 Å². The SMILES string of the molecule is O=C(O)C1CCC(CNC(=O)[C@@H]2CCCN2C(=O)OCc2ccccc2)CC1. The molecule has 0 spiro atoms. The normalized spacial score (nSPS) is 24.6. The number of ether oxygens (including phenoxy) is 1. The Morgan fingerprint density at radius 1 is 1.07 bits per heavy atom. The van der Waals surface area contributed by atoms with Gasteiger partial charge in [0.2, 0.25) is 5.91 Å². The summed E-state index contributed by atoms with van der Waals surface area (Å²) < 4.78 is 5.37. The number of carboxylic acids is 1. The highest BCUT2D eigenvalue weighted by molar-refractivity contribution is 5.86. The van der Waals surface area contributed by atoms with Crippen LogP contribution in [0.2, 0.25) is 0 Å². The molecule has 0 bridgehead atoms. The fourth-order valence-corrected chi connectivity index (χ4v) is 4.04. The number of nitrogens with zero attached hydrogens (tertiary/aromatic N) is 1. The van der Waals surface area contributed by atoms with Crippen LogP contribution in [0.15, 0.2) is 30.3 Å². The molecule has 0 radical (unpaired) electrons. The zero-order valence-corrected chi connectivity index (χ0v) is 16.0. The van der Waals surface area contributed by atoms with E-state index in [1.54, 1.807) is 0 Å². The maximum Gasteiger partial charge on any atom is 0.410 e. The molecular weight excluding hydrogens is 360 g/mol. The number of likely N-dealkylation sites (tertiary alicyclic amines) is 1. The van der Waals surface area contributed by atoms with Gasteiger partial charge in [-0.25, -0.2) is 4.79 Å². The Kier molecular flexibility index (Phi) is 6.90. The highest BCUT2D eigenvalue weighted by Crippen LogP contribution is 2.28. The second-order valence-corrected chi connectivity index (χ2v) is 7.69. The number of carboxylic acid groups (broad SMARTS) is 1. The molecule has 1 aromatic rings. The van der Waals surface area contributed by atoms with Crippen LogP contribution in [0.25, 0.3) is 0 Å². The lowest BCUT2D eigenvalue weighted by molar-refractivity contribution is -0.143. The zero-order chi connectivity index (χ0) is 19.9. The lowest BCUT2D eigenvalue weighted by atomic mass is 9.82. The Bertz CT molecular complexity index is 685. The molecule has 1 aromatic carbocycles. The smallest absolute Gasteiger partial charge is 0.410 e. The molecule has 7 nitrogen and oxygen atoms in total. The lowest BCUT2D eigenvalue weighted by Gasteiger charge is -2.28. The summed E-state index contributed by atoms with van der Waals surface area (Å²) in [4.78, 5) is 37.5. The van der Waals surface area contributed by atoms with Gasteiger partial charge in [-0.2, -0.15) is 0 Å². The average Bonchev–Trinajstić information content (AvgIpc) is 3.21. The first-order valence-corrected chi connectivity index (χ1v) is 10.0. The first kappa shape index (κ1) is 20.2. The van der Waals surface area contributed by atoms with Crippen molar-refractivity contribution in [3.05, 3.63) is 35.9 Å². The molecule has 1 aliphatic heterocycles. The number of amides is 2. The number of rotatable bonds is 6. The minimum atomic E-state index is -0.724. The molecule has 28 heavy (non-hydrogen) atoms. The van der Waals surface area contributed by atoms with E-state index in [9.17, 15) is 14.4 Å². The standard InChI is InChI=1S/C21H28N2O5/c24-19(22-13-15-8-10-17(11-9-15)20(25)26)18-7-4-12-23(18)21(27)28-14-16-5-2-1-3-6-16/h1-3,5-6,15,17-18H,4,7-14H2,(H,22,24)(H,25,26)/t15?,17?,18-/m0/s1. The Balaban J connectivity index is 1.44. The first-order valence-electron chi connectivity index (χ1n) is 10.0. The van der Waals surface area contributed by atoms with E-state index in [2.05, 4.69) is 5.32 Å². The van der Waals surface area contributed by atoms with Crippen LogP contribution < -0.4 is 5.32 Å². The number of hydrogen-bond donors (Lipinski definition) is 2. The van der Waals surface area contributed by atoms with Crippen LogP contribution >= 0.6 is 0 Å². The molecule has 7 heteroatoms. The van der Waals surface area contributed by atoms with Crippen molar-refractivity contribution in [2.75, 3.05) is 13.1 Å². The van der Waals surface area contributed by atoms with Crippen LogP contribution in [0.1, 0.15) is 44.1 Å². The minimum Gasteiger partial charge on any atom is -0.481 e. The number of nitrogens with one attached hydrogen (secondary N) is 1. The van der Waals surface area contributed by atoms with Gasteiger partial charge in [0.1, 0.15) is 12.6 Å². The van der Waals surface area contributed by atoms with Crippen LogP contribution in [0.3, 0.4) is 0 Å². The van der Waals surface area contributed by atoms with Crippen molar-refractivity contribution in [2.45, 2.75) is 51.2 Å². The number of benzene rings is 1. The van der Waals surface area contributed by atoms with Crippen molar-refractivity contribution < 1.29 is 24.2 Å². The van der Waals surface area contributed by atoms with E-state index in [4.69, 9.17) is 9.84 Å². The van der Waals surface area contributed by atoms with Gasteiger partial charge >= 0.3 is 12.1 Å². The maximum atomic E-state index is 12.6. The molecule has 2 amide bonds. The van der Waals surface area contributed by atoms with Crippen LogP contribution in [0.5, 0.6) is 0 Å². The predicted molar refractivity (Wildman–Crippen MR) is 102 cm³/mol. The van der Waals surface area contributed by atoms with Gasteiger partial charge in [0, 0.05) is 13.1 Å². The highest BCUT2D eigenvalue weighted by atomic mass is 16.6. The molecule has 2 N–H and O–H groups in total. The third-order valence-corrected chi connectivity index (χ3v) is 5.76. The van der Waals surface area contributed by atoms with Crippen molar-refractivity contribution in [3.63, 3.8) is 0 Å². The van der Waals surface area contributed by atoms with Crippen LogP contribution in [-0.4, -0.2) is 47.1 Å². The molecule has 152 valence electrons. The van der Waals surface area contributed by atoms with E-state index >= 15 is 0 Å². The van der Waals surface area contributed by atoms with Gasteiger partial charge in [0.05, 0.1) is 5.92 Å². The molecule has 2 aliphatic rings. The molecular formula is C21H28N2O5. The third kappa shape index (κ3) is 5.24. The fraction of sp³-hybridized carbons (Fsp3) is 0.571. The largest absolute Gasteiger partial charge is 0.481 e. The minimum absolute atomic E-state index is 0.144. The number of hydrogen-bond acceptors (Lipinski definition) is 4. The van der Waals surface area contributed by atoms with Crippen LogP contribution in [0, 0.1) is 11.8 Å². The van der Waals surface area contributed by atoms with Crippen LogP contribution in [0.4, 0.5) is 4.79 Å². The van der Waals surface area contributed by atoms with Crippen LogP contribution in [-0.2, 0) is 20.9 Å². The Morgan fingerprint density at radius 2 is 1.79 bits per heavy atom. The molecule has 2 fully saturated rings. The summed E-state index contributed by atoms with van der Waals surface area (Å²) in [6, 6.07) is 8.97. The Hall–Kier alpha value is -2.57.